The molecule has 0 atom stereocenters. The van der Waals surface area contributed by atoms with Gasteiger partial charge in [0.1, 0.15) is 11.5 Å². The van der Waals surface area contributed by atoms with E-state index in [1.165, 1.54) is 122 Å². The van der Waals surface area contributed by atoms with Crippen molar-refractivity contribution in [2.45, 2.75) is 149 Å². The Bertz CT molecular complexity index is 2030. The lowest BCUT2D eigenvalue weighted by atomic mass is 9.88. The van der Waals surface area contributed by atoms with Crippen LogP contribution in [0.4, 0.5) is 0 Å². The molecule has 61 heavy (non-hydrogen) atoms. The molecule has 0 bridgehead atoms. The Morgan fingerprint density at radius 1 is 0.279 bits per heavy atom. The summed E-state index contributed by atoms with van der Waals surface area (Å²) in [7, 11) is 0. The number of phenolic OH excluding ortho intramolecular Hbond substituents is 2. The maximum absolute atomic E-state index is 12.2. The lowest BCUT2D eigenvalue weighted by Crippen LogP contribution is -2.03. The van der Waals surface area contributed by atoms with Gasteiger partial charge in [0.2, 0.25) is 0 Å². The number of aromatic hydroxyl groups is 2. The van der Waals surface area contributed by atoms with Gasteiger partial charge in [0, 0.05) is 19.3 Å². The second-order valence-electron chi connectivity index (χ2n) is 17.7. The normalized spacial score (nSPS) is 11.3. The molecule has 0 aliphatic carbocycles. The minimum Gasteiger partial charge on any atom is -0.507 e. The molecule has 2 N–H and O–H groups in total. The fourth-order valence-electron chi connectivity index (χ4n) is 9.12. The van der Waals surface area contributed by atoms with Gasteiger partial charge < -0.3 is 10.2 Å². The van der Waals surface area contributed by atoms with Gasteiger partial charge in [-0.05, 0) is 105 Å². The summed E-state index contributed by atoms with van der Waals surface area (Å²) < 4.78 is 0. The van der Waals surface area contributed by atoms with Crippen molar-refractivity contribution in [1.82, 2.24) is 0 Å². The molecule has 0 amide bonds. The summed E-state index contributed by atoms with van der Waals surface area (Å²) in [6.45, 7) is 4.55. The molecule has 0 fully saturated rings. The molecule has 320 valence electrons. The van der Waals surface area contributed by atoms with Gasteiger partial charge >= 0.3 is 0 Å². The molecule has 0 aliphatic heterocycles. The van der Waals surface area contributed by atoms with Crippen molar-refractivity contribution >= 4 is 0 Å². The van der Waals surface area contributed by atoms with Crippen molar-refractivity contribution in [1.29, 1.82) is 0 Å². The number of rotatable bonds is 26. The van der Waals surface area contributed by atoms with E-state index in [2.05, 4.69) is 147 Å². The van der Waals surface area contributed by atoms with E-state index >= 15 is 0 Å². The van der Waals surface area contributed by atoms with Crippen LogP contribution in [0.2, 0.25) is 0 Å². The monoisotopic (exact) mass is 813 g/mol. The van der Waals surface area contributed by atoms with Gasteiger partial charge in [-0.15, -0.1) is 0 Å². The predicted octanol–water partition coefficient (Wildman–Crippen LogP) is 15.6. The first-order chi connectivity index (χ1) is 30.0. The quantitative estimate of drug-likeness (QED) is 0.0536. The van der Waals surface area contributed by atoms with Crippen molar-refractivity contribution in [2.24, 2.45) is 0 Å². The second kappa shape index (κ2) is 25.0. The van der Waals surface area contributed by atoms with Gasteiger partial charge in [-0.25, -0.2) is 0 Å². The van der Waals surface area contributed by atoms with Crippen LogP contribution in [-0.2, 0) is 44.9 Å². The Balaban J connectivity index is 1.31. The summed E-state index contributed by atoms with van der Waals surface area (Å²) in [6, 6.07) is 47.8. The SMILES string of the molecule is CCCCCCCCCc1cc(Cc2ccccc2Cc2ccccc2)c(O)c(Cc2cc(CCCCCCCCC)cc(Cc3ccccc3Cc3ccccc3)c2O)c1. The molecule has 0 heterocycles. The first-order valence-corrected chi connectivity index (χ1v) is 23.9. The molecule has 2 heteroatoms. The van der Waals surface area contributed by atoms with Crippen LogP contribution in [0.15, 0.2) is 133 Å². The first kappa shape index (κ1) is 45.4. The fourth-order valence-corrected chi connectivity index (χ4v) is 9.12. The molecule has 0 aromatic heterocycles. The van der Waals surface area contributed by atoms with Gasteiger partial charge in [-0.2, -0.15) is 0 Å². The molecule has 0 saturated heterocycles. The third-order valence-electron chi connectivity index (χ3n) is 12.6. The van der Waals surface area contributed by atoms with E-state index in [0.29, 0.717) is 30.8 Å². The van der Waals surface area contributed by atoms with E-state index in [0.717, 1.165) is 60.8 Å². The van der Waals surface area contributed by atoms with E-state index in [1.54, 1.807) is 0 Å². The van der Waals surface area contributed by atoms with Crippen LogP contribution in [0, 0.1) is 0 Å². The summed E-state index contributed by atoms with van der Waals surface area (Å²) in [6.07, 6.45) is 23.3. The molecule has 0 aliphatic rings. The number of aryl methyl sites for hydroxylation is 2. The standard InChI is InChI=1S/C59H72O2/c1-3-5-7-9-11-13-17-31-48-39-54(43-52-35-25-23-33-50(52)37-46-27-19-15-20-28-46)58(60)56(41-48)45-57-42-49(32-18-14-12-10-8-6-4-2)40-55(59(57)61)44-53-36-26-24-34-51(53)38-47-29-21-16-22-30-47/h15-16,19-30,33-36,39-42,60-61H,3-14,17-18,31-32,37-38,43-45H2,1-2H3. The van der Waals surface area contributed by atoms with E-state index in [4.69, 9.17) is 0 Å². The van der Waals surface area contributed by atoms with Crippen molar-refractivity contribution in [2.75, 3.05) is 0 Å². The Kier molecular flexibility index (Phi) is 18.6. The van der Waals surface area contributed by atoms with Crippen LogP contribution in [0.1, 0.15) is 171 Å². The Morgan fingerprint density at radius 2 is 0.557 bits per heavy atom. The number of unbranched alkanes of at least 4 members (excludes halogenated alkanes) is 12. The molecule has 2 nitrogen and oxygen atoms in total. The molecule has 0 saturated carbocycles. The van der Waals surface area contributed by atoms with Crippen LogP contribution < -0.4 is 0 Å². The molecule has 6 rings (SSSR count). The smallest absolute Gasteiger partial charge is 0.122 e. The summed E-state index contributed by atoms with van der Waals surface area (Å²) in [5.74, 6) is 0.730. The highest BCUT2D eigenvalue weighted by atomic mass is 16.3. The fraction of sp³-hybridized carbons (Fsp3) is 0.390. The lowest BCUT2D eigenvalue weighted by molar-refractivity contribution is 0.456. The van der Waals surface area contributed by atoms with E-state index in [1.807, 2.05) is 0 Å². The highest BCUT2D eigenvalue weighted by molar-refractivity contribution is 5.53. The van der Waals surface area contributed by atoms with Crippen LogP contribution in [0.5, 0.6) is 11.5 Å². The van der Waals surface area contributed by atoms with E-state index in [9.17, 15) is 10.2 Å². The molecule has 0 spiro atoms. The molecule has 0 unspecified atom stereocenters. The third-order valence-corrected chi connectivity index (χ3v) is 12.6. The average Bonchev–Trinajstić information content (AvgIpc) is 3.28. The zero-order chi connectivity index (χ0) is 42.5. The average molecular weight is 813 g/mol. The zero-order valence-electron chi connectivity index (χ0n) is 37.4. The van der Waals surface area contributed by atoms with E-state index in [-0.39, 0.29) is 0 Å². The lowest BCUT2D eigenvalue weighted by Gasteiger charge is -2.18. The van der Waals surface area contributed by atoms with Crippen molar-refractivity contribution in [3.05, 3.63) is 200 Å². The third kappa shape index (κ3) is 14.5. The first-order valence-electron chi connectivity index (χ1n) is 23.9. The van der Waals surface area contributed by atoms with Gasteiger partial charge in [0.25, 0.3) is 0 Å². The second-order valence-corrected chi connectivity index (χ2v) is 17.7. The molecule has 6 aromatic carbocycles. The summed E-state index contributed by atoms with van der Waals surface area (Å²) in [5.41, 5.74) is 14.0. The summed E-state index contributed by atoms with van der Waals surface area (Å²) in [4.78, 5) is 0. The van der Waals surface area contributed by atoms with Gasteiger partial charge in [0.05, 0.1) is 0 Å². The van der Waals surface area contributed by atoms with Gasteiger partial charge in [-0.3, -0.25) is 0 Å². The van der Waals surface area contributed by atoms with Gasteiger partial charge in [0.15, 0.2) is 0 Å². The van der Waals surface area contributed by atoms with Crippen LogP contribution in [-0.4, -0.2) is 10.2 Å². The summed E-state index contributed by atoms with van der Waals surface area (Å²) in [5, 5.41) is 24.5. The number of benzene rings is 6. The van der Waals surface area contributed by atoms with Crippen LogP contribution in [0.3, 0.4) is 0 Å². The highest BCUT2D eigenvalue weighted by Gasteiger charge is 2.18. The Hall–Kier alpha value is -5.08. The number of phenols is 2. The van der Waals surface area contributed by atoms with Crippen molar-refractivity contribution in [3.8, 4) is 11.5 Å². The molecule has 0 radical (unpaired) electrons. The Morgan fingerprint density at radius 3 is 0.902 bits per heavy atom. The summed E-state index contributed by atoms with van der Waals surface area (Å²) >= 11 is 0. The predicted molar refractivity (Wildman–Crippen MR) is 259 cm³/mol. The number of hydrogen-bond donors (Lipinski definition) is 2. The molecule has 6 aromatic rings. The van der Waals surface area contributed by atoms with Crippen molar-refractivity contribution < 1.29 is 10.2 Å². The largest absolute Gasteiger partial charge is 0.507 e. The van der Waals surface area contributed by atoms with Crippen LogP contribution in [0.25, 0.3) is 0 Å². The van der Waals surface area contributed by atoms with Crippen molar-refractivity contribution in [3.63, 3.8) is 0 Å². The maximum atomic E-state index is 12.2. The topological polar surface area (TPSA) is 40.5 Å². The minimum absolute atomic E-state index is 0.365. The van der Waals surface area contributed by atoms with Gasteiger partial charge in [-0.1, -0.05) is 224 Å². The van der Waals surface area contributed by atoms with Crippen LogP contribution >= 0.6 is 0 Å². The minimum atomic E-state index is 0.365. The number of hydrogen-bond acceptors (Lipinski definition) is 2. The molecular formula is C59H72O2. The Labute approximate surface area is 369 Å². The highest BCUT2D eigenvalue weighted by Crippen LogP contribution is 2.36. The zero-order valence-corrected chi connectivity index (χ0v) is 37.4. The van der Waals surface area contributed by atoms with E-state index < -0.39 is 0 Å². The maximum Gasteiger partial charge on any atom is 0.122 e. The molecular weight excluding hydrogens is 741 g/mol.